The number of hydrogen-bond acceptors (Lipinski definition) is 2. The van der Waals surface area contributed by atoms with Crippen LogP contribution in [0.2, 0.25) is 0 Å². The minimum Gasteiger partial charge on any atom is -0.359 e. The van der Waals surface area contributed by atoms with Gasteiger partial charge in [-0.15, -0.1) is 0 Å². The molecule has 0 aromatic heterocycles. The Labute approximate surface area is 55.3 Å². The van der Waals surface area contributed by atoms with Crippen LogP contribution in [0.3, 0.4) is 0 Å². The van der Waals surface area contributed by atoms with Gasteiger partial charge in [0.05, 0.1) is 5.84 Å². The van der Waals surface area contributed by atoms with Crippen LogP contribution in [-0.2, 0) is 0 Å². The van der Waals surface area contributed by atoms with Crippen molar-refractivity contribution in [3.8, 4) is 0 Å². The summed E-state index contributed by atoms with van der Waals surface area (Å²) in [4.78, 5) is 2.04. The van der Waals surface area contributed by atoms with Crippen molar-refractivity contribution in [1.82, 2.24) is 4.90 Å². The molecular weight excluding hydrogens is 114 g/mol. The summed E-state index contributed by atoms with van der Waals surface area (Å²) in [5.74, 6) is 0.764. The fourth-order valence-corrected chi connectivity index (χ4v) is 1.13. The lowest BCUT2D eigenvalue weighted by molar-refractivity contribution is 0.462. The molecule has 3 N–H and O–H groups in total. The Balaban J connectivity index is 2.31. The Hall–Kier alpha value is -0.570. The van der Waals surface area contributed by atoms with Crippen LogP contribution >= 0.6 is 0 Å². The quantitative estimate of drug-likeness (QED) is 0.549. The average molecular weight is 127 g/mol. The second-order valence-electron chi connectivity index (χ2n) is 2.33. The van der Waals surface area contributed by atoms with Crippen LogP contribution in [0.5, 0.6) is 0 Å². The first-order valence-electron chi connectivity index (χ1n) is 3.37. The lowest BCUT2D eigenvalue weighted by Crippen LogP contribution is -2.29. The Bertz CT molecular complexity index is 111. The summed E-state index contributed by atoms with van der Waals surface area (Å²) in [7, 11) is 0. The smallest absolute Gasteiger partial charge is 0.0958 e. The summed E-state index contributed by atoms with van der Waals surface area (Å²) >= 11 is 0. The average Bonchev–Trinajstić information content (AvgIpc) is 2.18. The molecule has 0 atom stereocenters. The Kier molecular flexibility index (Phi) is 2.05. The maximum atomic E-state index is 7.38. The van der Waals surface area contributed by atoms with Crippen molar-refractivity contribution in [2.24, 2.45) is 5.73 Å². The van der Waals surface area contributed by atoms with Crippen LogP contribution < -0.4 is 5.73 Å². The molecule has 3 heteroatoms. The summed E-state index contributed by atoms with van der Waals surface area (Å²) in [6.07, 6.45) is 2.08. The lowest BCUT2D eigenvalue weighted by atomic mass is 10.4. The highest BCUT2D eigenvalue weighted by atomic mass is 15.2. The fourth-order valence-electron chi connectivity index (χ4n) is 1.13. The van der Waals surface area contributed by atoms with E-state index in [4.69, 9.17) is 11.1 Å². The maximum absolute atomic E-state index is 7.38. The molecule has 1 fully saturated rings. The van der Waals surface area contributed by atoms with Gasteiger partial charge in [0.1, 0.15) is 0 Å². The van der Waals surface area contributed by atoms with Gasteiger partial charge in [-0.05, 0) is 6.42 Å². The molecule has 0 aromatic carbocycles. The van der Waals surface area contributed by atoms with Gasteiger partial charge in [-0.2, -0.15) is 0 Å². The van der Waals surface area contributed by atoms with Crippen LogP contribution in [0.25, 0.3) is 0 Å². The molecule has 1 saturated heterocycles. The van der Waals surface area contributed by atoms with Crippen LogP contribution in [-0.4, -0.2) is 30.4 Å². The summed E-state index contributed by atoms with van der Waals surface area (Å²) in [5, 5.41) is 7.38. The third-order valence-corrected chi connectivity index (χ3v) is 1.62. The number of nitrogens with zero attached hydrogens (tertiary/aromatic N) is 1. The molecule has 1 heterocycles. The molecule has 1 aliphatic heterocycles. The molecule has 0 amide bonds. The van der Waals surface area contributed by atoms with E-state index in [-0.39, 0.29) is 0 Å². The van der Waals surface area contributed by atoms with E-state index in [0.29, 0.717) is 6.54 Å². The standard InChI is InChI=1S/C6H13N3/c7-3-5-9-4-1-2-6(9)8/h8H,1-5,7H2. The lowest BCUT2D eigenvalue weighted by Gasteiger charge is -2.15. The third-order valence-electron chi connectivity index (χ3n) is 1.62. The number of amidine groups is 1. The van der Waals surface area contributed by atoms with Gasteiger partial charge in [0, 0.05) is 26.1 Å². The maximum Gasteiger partial charge on any atom is 0.0958 e. The summed E-state index contributed by atoms with van der Waals surface area (Å²) in [6, 6.07) is 0. The fraction of sp³-hybridized carbons (Fsp3) is 0.833. The largest absolute Gasteiger partial charge is 0.359 e. The molecule has 9 heavy (non-hydrogen) atoms. The SMILES string of the molecule is N=C1CCCN1CCN. The molecule has 0 aromatic rings. The van der Waals surface area contributed by atoms with E-state index in [1.165, 1.54) is 0 Å². The van der Waals surface area contributed by atoms with E-state index in [1.54, 1.807) is 0 Å². The molecule has 0 bridgehead atoms. The van der Waals surface area contributed by atoms with Crippen molar-refractivity contribution in [3.05, 3.63) is 0 Å². The van der Waals surface area contributed by atoms with Crippen molar-refractivity contribution < 1.29 is 0 Å². The summed E-state index contributed by atoms with van der Waals surface area (Å²) in [6.45, 7) is 2.57. The van der Waals surface area contributed by atoms with E-state index < -0.39 is 0 Å². The predicted octanol–water partition coefficient (Wildman–Crippen LogP) is 0.0182. The Morgan fingerprint density at radius 2 is 2.44 bits per heavy atom. The van der Waals surface area contributed by atoms with Crippen molar-refractivity contribution in [2.45, 2.75) is 12.8 Å². The number of likely N-dealkylation sites (tertiary alicyclic amines) is 1. The second-order valence-corrected chi connectivity index (χ2v) is 2.33. The van der Waals surface area contributed by atoms with Crippen molar-refractivity contribution >= 4 is 5.84 Å². The molecule has 0 saturated carbocycles. The molecule has 0 aliphatic carbocycles. The van der Waals surface area contributed by atoms with Crippen LogP contribution in [0.1, 0.15) is 12.8 Å². The first-order chi connectivity index (χ1) is 4.34. The number of nitrogens with two attached hydrogens (primary N) is 1. The van der Waals surface area contributed by atoms with Crippen molar-refractivity contribution in [2.75, 3.05) is 19.6 Å². The Morgan fingerprint density at radius 1 is 1.67 bits per heavy atom. The topological polar surface area (TPSA) is 53.1 Å². The zero-order valence-electron chi connectivity index (χ0n) is 5.56. The van der Waals surface area contributed by atoms with Crippen LogP contribution in [0, 0.1) is 5.41 Å². The molecule has 0 spiro atoms. The van der Waals surface area contributed by atoms with E-state index in [1.807, 2.05) is 4.90 Å². The predicted molar refractivity (Wildman–Crippen MR) is 37.6 cm³/mol. The molecule has 1 rings (SSSR count). The number of rotatable bonds is 2. The zero-order valence-corrected chi connectivity index (χ0v) is 5.56. The van der Waals surface area contributed by atoms with Crippen LogP contribution in [0.4, 0.5) is 0 Å². The highest BCUT2D eigenvalue weighted by Gasteiger charge is 2.14. The van der Waals surface area contributed by atoms with Crippen molar-refractivity contribution in [3.63, 3.8) is 0 Å². The molecule has 0 unspecified atom stereocenters. The van der Waals surface area contributed by atoms with Gasteiger partial charge in [0.15, 0.2) is 0 Å². The summed E-state index contributed by atoms with van der Waals surface area (Å²) in [5.41, 5.74) is 5.33. The van der Waals surface area contributed by atoms with Crippen molar-refractivity contribution in [1.29, 1.82) is 5.41 Å². The normalized spacial score (nSPS) is 19.2. The van der Waals surface area contributed by atoms with Gasteiger partial charge in [-0.1, -0.05) is 0 Å². The minimum absolute atomic E-state index is 0.669. The van der Waals surface area contributed by atoms with E-state index in [0.717, 1.165) is 31.8 Å². The van der Waals surface area contributed by atoms with Gasteiger partial charge >= 0.3 is 0 Å². The molecular formula is C6H13N3. The molecule has 1 aliphatic rings. The second kappa shape index (κ2) is 2.82. The number of hydrogen-bond donors (Lipinski definition) is 2. The van der Waals surface area contributed by atoms with E-state index in [2.05, 4.69) is 0 Å². The number of nitrogens with one attached hydrogen (secondary N) is 1. The van der Waals surface area contributed by atoms with E-state index in [9.17, 15) is 0 Å². The van der Waals surface area contributed by atoms with Gasteiger partial charge < -0.3 is 10.6 Å². The van der Waals surface area contributed by atoms with Gasteiger partial charge in [0.25, 0.3) is 0 Å². The summed E-state index contributed by atoms with van der Waals surface area (Å²) < 4.78 is 0. The molecule has 3 nitrogen and oxygen atoms in total. The first-order valence-corrected chi connectivity index (χ1v) is 3.37. The monoisotopic (exact) mass is 127 g/mol. The minimum atomic E-state index is 0.669. The van der Waals surface area contributed by atoms with Crippen LogP contribution in [0.15, 0.2) is 0 Å². The third kappa shape index (κ3) is 1.42. The molecule has 0 radical (unpaired) electrons. The highest BCUT2D eigenvalue weighted by molar-refractivity contribution is 5.80. The van der Waals surface area contributed by atoms with Gasteiger partial charge in [-0.3, -0.25) is 5.41 Å². The highest BCUT2D eigenvalue weighted by Crippen LogP contribution is 2.07. The van der Waals surface area contributed by atoms with E-state index >= 15 is 0 Å². The van der Waals surface area contributed by atoms with Gasteiger partial charge in [0.2, 0.25) is 0 Å². The first kappa shape index (κ1) is 6.55. The zero-order chi connectivity index (χ0) is 6.69. The van der Waals surface area contributed by atoms with Gasteiger partial charge in [-0.25, -0.2) is 0 Å². The molecule has 52 valence electrons. The Morgan fingerprint density at radius 3 is 2.89 bits per heavy atom.